The normalized spacial score (nSPS) is 5.00. The molecule has 0 aromatic carbocycles. The molecule has 0 spiro atoms. The first-order valence-electron chi connectivity index (χ1n) is 1.32. The van der Waals surface area contributed by atoms with Crippen LogP contribution < -0.4 is 34.0 Å². The van der Waals surface area contributed by atoms with Crippen molar-refractivity contribution in [3.63, 3.8) is 0 Å². The van der Waals surface area contributed by atoms with Gasteiger partial charge in [-0.1, -0.05) is 0 Å². The summed E-state index contributed by atoms with van der Waals surface area (Å²) in [6, 6.07) is 0. The molecule has 8 heavy (non-hydrogen) atoms. The SMILES string of the molecule is [Br-].[Br-].[Zn+2].c1cscn1. The maximum Gasteiger partial charge on any atom is 2.00 e. The van der Waals surface area contributed by atoms with Gasteiger partial charge in [-0.05, 0) is 0 Å². The molecule has 0 radical (unpaired) electrons. The third-order valence-corrected chi connectivity index (χ3v) is 0.869. The van der Waals surface area contributed by atoms with Crippen molar-refractivity contribution >= 4 is 11.3 Å². The van der Waals surface area contributed by atoms with Crippen molar-refractivity contribution in [1.82, 2.24) is 4.98 Å². The summed E-state index contributed by atoms with van der Waals surface area (Å²) in [6.07, 6.45) is 1.77. The monoisotopic (exact) mass is 307 g/mol. The summed E-state index contributed by atoms with van der Waals surface area (Å²) in [5.74, 6) is 0. The van der Waals surface area contributed by atoms with E-state index in [0.717, 1.165) is 0 Å². The van der Waals surface area contributed by atoms with Gasteiger partial charge in [0.1, 0.15) is 0 Å². The van der Waals surface area contributed by atoms with Gasteiger partial charge in [-0.15, -0.1) is 11.3 Å². The number of halogens is 2. The molecule has 0 atom stereocenters. The molecule has 5 heteroatoms. The van der Waals surface area contributed by atoms with E-state index in [-0.39, 0.29) is 53.4 Å². The molecular weight excluding hydrogens is 307 g/mol. The number of thiazole rings is 1. The van der Waals surface area contributed by atoms with Gasteiger partial charge >= 0.3 is 19.5 Å². The molecule has 0 unspecified atom stereocenters. The van der Waals surface area contributed by atoms with E-state index in [2.05, 4.69) is 4.98 Å². The van der Waals surface area contributed by atoms with Gasteiger partial charge in [-0.3, -0.25) is 4.98 Å². The Kier molecular flexibility index (Phi) is 22.3. The van der Waals surface area contributed by atoms with E-state index in [1.54, 1.807) is 23.0 Å². The molecule has 1 aromatic rings. The molecule has 0 amide bonds. The van der Waals surface area contributed by atoms with Gasteiger partial charge in [0.15, 0.2) is 0 Å². The standard InChI is InChI=1S/C3H3NS.2BrH.Zn/c1-2-5-3-4-1;;;/h1-3H;2*1H;/q;;;+2/p-2. The Morgan fingerprint density at radius 3 is 2.00 bits per heavy atom. The minimum atomic E-state index is 0. The van der Waals surface area contributed by atoms with E-state index in [1.807, 2.05) is 5.38 Å². The first kappa shape index (κ1) is 16.1. The summed E-state index contributed by atoms with van der Waals surface area (Å²) in [6.45, 7) is 0. The van der Waals surface area contributed by atoms with Crippen LogP contribution in [0.2, 0.25) is 0 Å². The predicted molar refractivity (Wildman–Crippen MR) is 22.1 cm³/mol. The van der Waals surface area contributed by atoms with E-state index in [1.165, 1.54) is 0 Å². The van der Waals surface area contributed by atoms with Crippen LogP contribution in [0.4, 0.5) is 0 Å². The van der Waals surface area contributed by atoms with Crippen LogP contribution in [-0.4, -0.2) is 4.98 Å². The second kappa shape index (κ2) is 11.1. The van der Waals surface area contributed by atoms with Crippen molar-refractivity contribution in [2.24, 2.45) is 0 Å². The Morgan fingerprint density at radius 2 is 1.88 bits per heavy atom. The second-order valence-corrected chi connectivity index (χ2v) is 1.43. The Balaban J connectivity index is -0.0000000833. The van der Waals surface area contributed by atoms with Crippen LogP contribution in [0, 0.1) is 0 Å². The smallest absolute Gasteiger partial charge is 1.00 e. The summed E-state index contributed by atoms with van der Waals surface area (Å²) in [4.78, 5) is 3.74. The number of aromatic nitrogens is 1. The van der Waals surface area contributed by atoms with Crippen molar-refractivity contribution in [3.05, 3.63) is 17.1 Å². The summed E-state index contributed by atoms with van der Waals surface area (Å²) in [5, 5.41) is 1.93. The Bertz CT molecular complexity index is 73.8. The van der Waals surface area contributed by atoms with Crippen molar-refractivity contribution < 1.29 is 53.4 Å². The van der Waals surface area contributed by atoms with Gasteiger partial charge in [0, 0.05) is 11.6 Å². The summed E-state index contributed by atoms with van der Waals surface area (Å²) in [7, 11) is 0. The van der Waals surface area contributed by atoms with Gasteiger partial charge in [-0.25, -0.2) is 0 Å². The van der Waals surface area contributed by atoms with Crippen LogP contribution in [0.15, 0.2) is 17.1 Å². The Hall–Kier alpha value is 1.21. The largest absolute Gasteiger partial charge is 2.00 e. The molecule has 1 heterocycles. The summed E-state index contributed by atoms with van der Waals surface area (Å²) >= 11 is 1.60. The van der Waals surface area contributed by atoms with Crippen LogP contribution >= 0.6 is 11.3 Å². The average Bonchev–Trinajstić information content (AvgIpc) is 1.76. The van der Waals surface area contributed by atoms with Crippen LogP contribution in [0.3, 0.4) is 0 Å². The predicted octanol–water partition coefficient (Wildman–Crippen LogP) is -4.85. The third kappa shape index (κ3) is 7.21. The summed E-state index contributed by atoms with van der Waals surface area (Å²) in [5.41, 5.74) is 1.79. The zero-order valence-corrected chi connectivity index (χ0v) is 11.0. The minimum Gasteiger partial charge on any atom is -1.00 e. The molecule has 0 bridgehead atoms. The Morgan fingerprint density at radius 1 is 1.25 bits per heavy atom. The fourth-order valence-electron chi connectivity index (χ4n) is 0.176. The number of nitrogens with zero attached hydrogens (tertiary/aromatic N) is 1. The van der Waals surface area contributed by atoms with Crippen molar-refractivity contribution in [3.8, 4) is 0 Å². The molecule has 1 rings (SSSR count). The molecule has 0 fully saturated rings. The molecule has 0 saturated heterocycles. The zero-order valence-electron chi connectivity index (χ0n) is 4.05. The van der Waals surface area contributed by atoms with Gasteiger partial charge < -0.3 is 34.0 Å². The van der Waals surface area contributed by atoms with E-state index < -0.39 is 0 Å². The van der Waals surface area contributed by atoms with Crippen molar-refractivity contribution in [1.29, 1.82) is 0 Å². The van der Waals surface area contributed by atoms with Gasteiger partial charge in [0.2, 0.25) is 0 Å². The molecule has 42 valence electrons. The quantitative estimate of drug-likeness (QED) is 0.438. The molecule has 1 nitrogen and oxygen atoms in total. The van der Waals surface area contributed by atoms with E-state index >= 15 is 0 Å². The van der Waals surface area contributed by atoms with Gasteiger partial charge in [0.05, 0.1) is 5.51 Å². The van der Waals surface area contributed by atoms with E-state index in [4.69, 9.17) is 0 Å². The van der Waals surface area contributed by atoms with Crippen LogP contribution in [0.5, 0.6) is 0 Å². The molecule has 0 aliphatic rings. The first-order chi connectivity index (χ1) is 2.50. The topological polar surface area (TPSA) is 12.9 Å². The van der Waals surface area contributed by atoms with Crippen LogP contribution in [0.1, 0.15) is 0 Å². The third-order valence-electron chi connectivity index (χ3n) is 0.347. The van der Waals surface area contributed by atoms with E-state index in [0.29, 0.717) is 0 Å². The fraction of sp³-hybridized carbons (Fsp3) is 0. The molecular formula is C3H3Br2NSZn. The molecule has 0 N–H and O–H groups in total. The number of hydrogen-bond donors (Lipinski definition) is 0. The molecule has 0 aliphatic carbocycles. The molecule has 0 aliphatic heterocycles. The second-order valence-electron chi connectivity index (χ2n) is 0.676. The maximum absolute atomic E-state index is 3.74. The van der Waals surface area contributed by atoms with Gasteiger partial charge in [0.25, 0.3) is 0 Å². The van der Waals surface area contributed by atoms with Crippen molar-refractivity contribution in [2.75, 3.05) is 0 Å². The summed E-state index contributed by atoms with van der Waals surface area (Å²) < 4.78 is 0. The first-order valence-corrected chi connectivity index (χ1v) is 2.26. The molecule has 0 saturated carbocycles. The Labute approximate surface area is 86.2 Å². The average molecular weight is 310 g/mol. The van der Waals surface area contributed by atoms with E-state index in [9.17, 15) is 0 Å². The van der Waals surface area contributed by atoms with Crippen molar-refractivity contribution in [2.45, 2.75) is 0 Å². The zero-order chi connectivity index (χ0) is 3.54. The van der Waals surface area contributed by atoms with Crippen LogP contribution in [0.25, 0.3) is 0 Å². The molecule has 1 aromatic heterocycles. The minimum absolute atomic E-state index is 0. The van der Waals surface area contributed by atoms with Crippen LogP contribution in [-0.2, 0) is 19.5 Å². The number of hydrogen-bond acceptors (Lipinski definition) is 2. The maximum atomic E-state index is 3.74. The van der Waals surface area contributed by atoms with Gasteiger partial charge in [-0.2, -0.15) is 0 Å². The number of rotatable bonds is 0. The fourth-order valence-corrected chi connectivity index (χ4v) is 0.527.